The fourth-order valence-electron chi connectivity index (χ4n) is 1.78. The van der Waals surface area contributed by atoms with Gasteiger partial charge >= 0.3 is 0 Å². The number of nitrogens with one attached hydrogen (secondary N) is 1. The first-order chi connectivity index (χ1) is 7.18. The normalized spacial score (nSPS) is 15.0. The molecular weight excluding hydrogens is 260 g/mol. The van der Waals surface area contributed by atoms with Crippen LogP contribution in [0.4, 0.5) is 11.4 Å². The van der Waals surface area contributed by atoms with E-state index < -0.39 is 0 Å². The van der Waals surface area contributed by atoms with Crippen molar-refractivity contribution >= 4 is 27.3 Å². The summed E-state index contributed by atoms with van der Waals surface area (Å²) in [5.41, 5.74) is 2.19. The van der Waals surface area contributed by atoms with Gasteiger partial charge in [-0.25, -0.2) is 0 Å². The lowest BCUT2D eigenvalue weighted by Gasteiger charge is -2.07. The minimum Gasteiger partial charge on any atom is -0.385 e. The number of rotatable bonds is 1. The van der Waals surface area contributed by atoms with E-state index in [1.165, 1.54) is 0 Å². The molecule has 0 aromatic heterocycles. The number of nitrogens with zero attached hydrogens (tertiary/aromatic N) is 1. The monoisotopic (exact) mass is 270 g/mol. The first-order valence-corrected chi connectivity index (χ1v) is 5.68. The van der Waals surface area contributed by atoms with Crippen molar-refractivity contribution in [3.05, 3.63) is 32.3 Å². The first-order valence-electron chi connectivity index (χ1n) is 4.89. The zero-order chi connectivity index (χ0) is 10.8. The Morgan fingerprint density at radius 2 is 2.20 bits per heavy atom. The van der Waals surface area contributed by atoms with E-state index in [0.717, 1.165) is 37.1 Å². The van der Waals surface area contributed by atoms with Crippen LogP contribution in [0.15, 0.2) is 16.6 Å². The molecule has 5 heteroatoms. The summed E-state index contributed by atoms with van der Waals surface area (Å²) in [7, 11) is 0. The molecule has 4 nitrogen and oxygen atoms in total. The second-order valence-electron chi connectivity index (χ2n) is 3.60. The molecule has 0 amide bonds. The number of nitro benzene ring substituents is 1. The molecule has 1 aliphatic rings. The number of nitro groups is 1. The van der Waals surface area contributed by atoms with Crippen molar-refractivity contribution in [3.63, 3.8) is 0 Å². The molecule has 0 spiro atoms. The fraction of sp³-hybridized carbons (Fsp3) is 0.400. The molecule has 1 heterocycles. The van der Waals surface area contributed by atoms with E-state index in [-0.39, 0.29) is 10.6 Å². The van der Waals surface area contributed by atoms with Gasteiger partial charge in [0.1, 0.15) is 0 Å². The summed E-state index contributed by atoms with van der Waals surface area (Å²) in [5, 5.41) is 14.0. The molecule has 1 aromatic rings. The molecule has 0 fully saturated rings. The van der Waals surface area contributed by atoms with Crippen LogP contribution in [0, 0.1) is 10.1 Å². The van der Waals surface area contributed by atoms with Crippen LogP contribution in [-0.2, 0) is 6.42 Å². The lowest BCUT2D eigenvalue weighted by atomic mass is 10.1. The van der Waals surface area contributed by atoms with Gasteiger partial charge in [-0.3, -0.25) is 10.1 Å². The van der Waals surface area contributed by atoms with E-state index in [4.69, 9.17) is 0 Å². The molecule has 1 N–H and O–H groups in total. The highest BCUT2D eigenvalue weighted by atomic mass is 79.9. The van der Waals surface area contributed by atoms with Gasteiger partial charge in [-0.15, -0.1) is 0 Å². The molecule has 1 aliphatic heterocycles. The lowest BCUT2D eigenvalue weighted by Crippen LogP contribution is -2.01. The van der Waals surface area contributed by atoms with Crippen LogP contribution in [0.2, 0.25) is 0 Å². The maximum absolute atomic E-state index is 10.7. The second-order valence-corrected chi connectivity index (χ2v) is 4.46. The van der Waals surface area contributed by atoms with Crippen molar-refractivity contribution in [3.8, 4) is 0 Å². The Morgan fingerprint density at radius 1 is 1.40 bits per heavy atom. The van der Waals surface area contributed by atoms with Gasteiger partial charge in [0.15, 0.2) is 0 Å². The van der Waals surface area contributed by atoms with Gasteiger partial charge in [0.2, 0.25) is 0 Å². The maximum atomic E-state index is 10.7. The average molecular weight is 271 g/mol. The third-order valence-electron chi connectivity index (χ3n) is 2.56. The summed E-state index contributed by atoms with van der Waals surface area (Å²) < 4.78 is 0.565. The highest BCUT2D eigenvalue weighted by Crippen LogP contribution is 2.33. The van der Waals surface area contributed by atoms with Crippen molar-refractivity contribution in [1.82, 2.24) is 0 Å². The fourth-order valence-corrected chi connectivity index (χ4v) is 2.31. The Bertz CT molecular complexity index is 407. The molecule has 0 saturated carbocycles. The van der Waals surface area contributed by atoms with Crippen LogP contribution in [0.3, 0.4) is 0 Å². The Kier molecular flexibility index (Phi) is 2.90. The van der Waals surface area contributed by atoms with Gasteiger partial charge in [-0.2, -0.15) is 0 Å². The number of aryl methyl sites for hydroxylation is 1. The largest absolute Gasteiger partial charge is 0.385 e. The van der Waals surface area contributed by atoms with E-state index in [0.29, 0.717) is 4.47 Å². The Balaban J connectivity index is 2.47. The number of anilines is 1. The minimum atomic E-state index is -0.364. The van der Waals surface area contributed by atoms with E-state index in [1.807, 2.05) is 6.07 Å². The summed E-state index contributed by atoms with van der Waals surface area (Å²) >= 11 is 3.23. The summed E-state index contributed by atoms with van der Waals surface area (Å²) in [6.07, 6.45) is 3.23. The molecule has 2 rings (SSSR count). The van der Waals surface area contributed by atoms with Crippen LogP contribution < -0.4 is 5.32 Å². The molecule has 15 heavy (non-hydrogen) atoms. The summed E-state index contributed by atoms with van der Waals surface area (Å²) in [4.78, 5) is 10.4. The predicted molar refractivity (Wildman–Crippen MR) is 62.2 cm³/mol. The molecule has 0 saturated heterocycles. The van der Waals surface area contributed by atoms with E-state index in [1.54, 1.807) is 6.07 Å². The lowest BCUT2D eigenvalue weighted by molar-refractivity contribution is -0.385. The molecule has 0 radical (unpaired) electrons. The molecule has 80 valence electrons. The summed E-state index contributed by atoms with van der Waals surface area (Å²) in [6.45, 7) is 0.895. The SMILES string of the molecule is O=[N+]([O-])c1cc2c(cc1Br)CCCCN2. The highest BCUT2D eigenvalue weighted by molar-refractivity contribution is 9.10. The smallest absolute Gasteiger partial charge is 0.285 e. The van der Waals surface area contributed by atoms with Gasteiger partial charge in [-0.05, 0) is 46.8 Å². The first kappa shape index (κ1) is 10.4. The summed E-state index contributed by atoms with van der Waals surface area (Å²) in [5.74, 6) is 0. The number of halogens is 1. The van der Waals surface area contributed by atoms with Crippen LogP contribution >= 0.6 is 15.9 Å². The zero-order valence-electron chi connectivity index (χ0n) is 8.12. The standard InChI is InChI=1S/C10H11BrN2O2/c11-8-5-7-3-1-2-4-12-9(7)6-10(8)13(14)15/h5-6,12H,1-4H2. The zero-order valence-corrected chi connectivity index (χ0v) is 9.71. The Labute approximate surface area is 96.0 Å². The van der Waals surface area contributed by atoms with E-state index in [2.05, 4.69) is 21.2 Å². The minimum absolute atomic E-state index is 0.128. The molecule has 0 aliphatic carbocycles. The van der Waals surface area contributed by atoms with Gasteiger partial charge in [0.05, 0.1) is 9.40 Å². The van der Waals surface area contributed by atoms with Crippen molar-refractivity contribution < 1.29 is 4.92 Å². The van der Waals surface area contributed by atoms with Gasteiger partial charge in [-0.1, -0.05) is 0 Å². The second kappa shape index (κ2) is 4.18. The van der Waals surface area contributed by atoms with Crippen LogP contribution in [0.5, 0.6) is 0 Å². The molecule has 1 aromatic carbocycles. The maximum Gasteiger partial charge on any atom is 0.285 e. The number of benzene rings is 1. The van der Waals surface area contributed by atoms with Crippen molar-refractivity contribution in [1.29, 1.82) is 0 Å². The number of hydrogen-bond acceptors (Lipinski definition) is 3. The van der Waals surface area contributed by atoms with Crippen molar-refractivity contribution in [2.75, 3.05) is 11.9 Å². The quantitative estimate of drug-likeness (QED) is 0.630. The van der Waals surface area contributed by atoms with Crippen LogP contribution in [0.25, 0.3) is 0 Å². The molecule has 0 bridgehead atoms. The van der Waals surface area contributed by atoms with E-state index >= 15 is 0 Å². The Hall–Kier alpha value is -1.10. The van der Waals surface area contributed by atoms with Crippen LogP contribution in [0.1, 0.15) is 18.4 Å². The highest BCUT2D eigenvalue weighted by Gasteiger charge is 2.17. The molecule has 0 unspecified atom stereocenters. The van der Waals surface area contributed by atoms with Gasteiger partial charge in [0, 0.05) is 18.3 Å². The van der Waals surface area contributed by atoms with Gasteiger partial charge in [0.25, 0.3) is 5.69 Å². The third kappa shape index (κ3) is 2.12. The van der Waals surface area contributed by atoms with Gasteiger partial charge < -0.3 is 5.32 Å². The topological polar surface area (TPSA) is 55.2 Å². The van der Waals surface area contributed by atoms with E-state index in [9.17, 15) is 10.1 Å². The van der Waals surface area contributed by atoms with Crippen molar-refractivity contribution in [2.24, 2.45) is 0 Å². The molecule has 0 atom stereocenters. The van der Waals surface area contributed by atoms with Crippen LogP contribution in [-0.4, -0.2) is 11.5 Å². The average Bonchev–Trinajstić information content (AvgIpc) is 2.40. The Morgan fingerprint density at radius 3 is 2.93 bits per heavy atom. The number of hydrogen-bond donors (Lipinski definition) is 1. The summed E-state index contributed by atoms with van der Waals surface area (Å²) in [6, 6.07) is 3.47. The predicted octanol–water partition coefficient (Wildman–Crippen LogP) is 3.11. The third-order valence-corrected chi connectivity index (χ3v) is 3.19. The molecular formula is C10H11BrN2O2. The van der Waals surface area contributed by atoms with Crippen molar-refractivity contribution in [2.45, 2.75) is 19.3 Å². The number of fused-ring (bicyclic) bond motifs is 1.